The Bertz CT molecular complexity index is 945. The van der Waals surface area contributed by atoms with Crippen molar-refractivity contribution in [1.82, 2.24) is 25.2 Å². The molecule has 0 unspecified atom stereocenters. The smallest absolute Gasteiger partial charge is 0.237 e. The average Bonchev–Trinajstić information content (AvgIpc) is 3.07. The lowest BCUT2D eigenvalue weighted by molar-refractivity contribution is -0.115. The quantitative estimate of drug-likeness (QED) is 0.532. The Kier molecular flexibility index (Phi) is 5.53. The molecular weight excluding hydrogens is 372 g/mol. The van der Waals surface area contributed by atoms with Crippen molar-refractivity contribution in [2.24, 2.45) is 0 Å². The van der Waals surface area contributed by atoms with E-state index in [-0.39, 0.29) is 11.1 Å². The number of benzene rings is 1. The number of halogens is 1. The Morgan fingerprint density at radius 1 is 1.27 bits per heavy atom. The van der Waals surface area contributed by atoms with Crippen LogP contribution in [0.1, 0.15) is 18.1 Å². The van der Waals surface area contributed by atoms with Crippen LogP contribution in [0.4, 0.5) is 5.69 Å². The largest absolute Gasteiger partial charge is 0.322 e. The molecule has 3 rings (SSSR count). The Balaban J connectivity index is 1.75. The fourth-order valence-electron chi connectivity index (χ4n) is 2.20. The number of hydrogen-bond acceptors (Lipinski definition) is 6. The third kappa shape index (κ3) is 4.03. The second-order valence-electron chi connectivity index (χ2n) is 5.73. The fraction of sp³-hybridized carbons (Fsp3) is 0.235. The van der Waals surface area contributed by atoms with Crippen molar-refractivity contribution >= 4 is 35.0 Å². The Labute approximate surface area is 160 Å². The van der Waals surface area contributed by atoms with Gasteiger partial charge in [0.2, 0.25) is 11.1 Å². The van der Waals surface area contributed by atoms with E-state index in [1.54, 1.807) is 29.9 Å². The van der Waals surface area contributed by atoms with Crippen LogP contribution in [0, 0.1) is 13.8 Å². The molecule has 0 aliphatic carbocycles. The number of aryl methyl sites for hydroxylation is 2. The highest BCUT2D eigenvalue weighted by molar-refractivity contribution is 8.00. The van der Waals surface area contributed by atoms with Crippen LogP contribution in [0.15, 0.2) is 41.7 Å². The third-order valence-corrected chi connectivity index (χ3v) is 5.18. The summed E-state index contributed by atoms with van der Waals surface area (Å²) in [6, 6.07) is 9.38. The van der Waals surface area contributed by atoms with E-state index in [2.05, 4.69) is 25.8 Å². The maximum absolute atomic E-state index is 12.4. The van der Waals surface area contributed by atoms with Gasteiger partial charge in [0, 0.05) is 6.20 Å². The topological polar surface area (TPSA) is 85.6 Å². The summed E-state index contributed by atoms with van der Waals surface area (Å²) in [7, 11) is 0. The van der Waals surface area contributed by atoms with Gasteiger partial charge in [-0.2, -0.15) is 4.68 Å². The van der Waals surface area contributed by atoms with Crippen molar-refractivity contribution < 1.29 is 4.79 Å². The first-order chi connectivity index (χ1) is 12.5. The fourth-order valence-corrected chi connectivity index (χ4v) is 3.17. The molecule has 9 heteroatoms. The summed E-state index contributed by atoms with van der Waals surface area (Å²) in [5.41, 5.74) is 3.66. The van der Waals surface area contributed by atoms with E-state index in [9.17, 15) is 4.79 Å². The van der Waals surface area contributed by atoms with Crippen LogP contribution in [-0.4, -0.2) is 36.3 Å². The van der Waals surface area contributed by atoms with Crippen molar-refractivity contribution in [3.8, 4) is 5.69 Å². The third-order valence-electron chi connectivity index (χ3n) is 3.84. The number of carbonyl (C=O) groups excluding carboxylic acids is 1. The zero-order valence-corrected chi connectivity index (χ0v) is 16.0. The van der Waals surface area contributed by atoms with Crippen LogP contribution in [-0.2, 0) is 4.79 Å². The van der Waals surface area contributed by atoms with Crippen LogP contribution in [0.2, 0.25) is 5.15 Å². The van der Waals surface area contributed by atoms with Gasteiger partial charge in [0.05, 0.1) is 16.6 Å². The van der Waals surface area contributed by atoms with Crippen molar-refractivity contribution in [2.75, 3.05) is 5.32 Å². The van der Waals surface area contributed by atoms with E-state index < -0.39 is 5.25 Å². The van der Waals surface area contributed by atoms with Gasteiger partial charge in [0.15, 0.2) is 5.15 Å². The molecule has 26 heavy (non-hydrogen) atoms. The van der Waals surface area contributed by atoms with Gasteiger partial charge in [-0.15, -0.1) is 5.10 Å². The van der Waals surface area contributed by atoms with Crippen LogP contribution in [0.3, 0.4) is 0 Å². The molecule has 2 heterocycles. The zero-order chi connectivity index (χ0) is 18.7. The number of carbonyl (C=O) groups is 1. The molecule has 2 aromatic heterocycles. The Morgan fingerprint density at radius 2 is 2.08 bits per heavy atom. The molecule has 7 nitrogen and oxygen atoms in total. The number of pyridine rings is 1. The first-order valence-corrected chi connectivity index (χ1v) is 9.15. The molecular formula is C17H17ClN6OS. The minimum atomic E-state index is -0.428. The Hall–Kier alpha value is -2.45. The lowest BCUT2D eigenvalue weighted by Gasteiger charge is -2.12. The van der Waals surface area contributed by atoms with Gasteiger partial charge in [-0.1, -0.05) is 29.4 Å². The second kappa shape index (κ2) is 7.84. The summed E-state index contributed by atoms with van der Waals surface area (Å²) in [6.07, 6.45) is 1.56. The highest BCUT2D eigenvalue weighted by atomic mass is 35.5. The minimum Gasteiger partial charge on any atom is -0.322 e. The number of thioether (sulfide) groups is 1. The molecule has 0 aliphatic heterocycles. The van der Waals surface area contributed by atoms with Crippen LogP contribution >= 0.6 is 23.4 Å². The highest BCUT2D eigenvalue weighted by Crippen LogP contribution is 2.25. The van der Waals surface area contributed by atoms with Crippen LogP contribution < -0.4 is 5.32 Å². The van der Waals surface area contributed by atoms with Crippen molar-refractivity contribution in [2.45, 2.75) is 31.2 Å². The predicted molar refractivity (Wildman–Crippen MR) is 102 cm³/mol. The molecule has 0 fully saturated rings. The van der Waals surface area contributed by atoms with Crippen molar-refractivity contribution in [1.29, 1.82) is 0 Å². The zero-order valence-electron chi connectivity index (χ0n) is 14.5. The predicted octanol–water partition coefficient (Wildman–Crippen LogP) is 3.45. The van der Waals surface area contributed by atoms with Gasteiger partial charge >= 0.3 is 0 Å². The number of amides is 1. The monoisotopic (exact) mass is 388 g/mol. The molecule has 0 aliphatic rings. The summed E-state index contributed by atoms with van der Waals surface area (Å²) in [5.74, 6) is -0.209. The maximum atomic E-state index is 12.4. The molecule has 134 valence electrons. The Morgan fingerprint density at radius 3 is 2.81 bits per heavy atom. The molecule has 1 amide bonds. The lowest BCUT2D eigenvalue weighted by Crippen LogP contribution is -2.23. The van der Waals surface area contributed by atoms with E-state index >= 15 is 0 Å². The molecule has 0 saturated carbocycles. The lowest BCUT2D eigenvalue weighted by atomic mass is 10.1. The molecule has 0 bridgehead atoms. The number of hydrogen-bond donors (Lipinski definition) is 1. The van der Waals surface area contributed by atoms with Gasteiger partial charge in [0.1, 0.15) is 0 Å². The van der Waals surface area contributed by atoms with Crippen molar-refractivity contribution in [3.05, 3.63) is 52.8 Å². The summed E-state index contributed by atoms with van der Waals surface area (Å²) in [4.78, 5) is 16.4. The minimum absolute atomic E-state index is 0.209. The second-order valence-corrected chi connectivity index (χ2v) is 7.40. The first kappa shape index (κ1) is 18.3. The molecule has 0 radical (unpaired) electrons. The summed E-state index contributed by atoms with van der Waals surface area (Å²) < 4.78 is 1.62. The number of aromatic nitrogens is 5. The first-order valence-electron chi connectivity index (χ1n) is 7.89. The number of rotatable bonds is 5. The van der Waals surface area contributed by atoms with Gasteiger partial charge in [0.25, 0.3) is 0 Å². The van der Waals surface area contributed by atoms with E-state index in [1.165, 1.54) is 17.3 Å². The van der Waals surface area contributed by atoms with E-state index in [0.717, 1.165) is 11.3 Å². The van der Waals surface area contributed by atoms with Gasteiger partial charge in [-0.25, -0.2) is 4.98 Å². The standard InChI is InChI=1S/C17H17ClN6OS/c1-10-6-7-13(9-11(10)2)24-17(21-22-23-24)26-12(3)16(25)20-14-5-4-8-19-15(14)18/h4-9,12H,1-3H3,(H,20,25)/t12-/m1/s1. The van der Waals surface area contributed by atoms with E-state index in [0.29, 0.717) is 10.8 Å². The summed E-state index contributed by atoms with van der Waals surface area (Å²) >= 11 is 7.25. The average molecular weight is 389 g/mol. The molecule has 1 N–H and O–H groups in total. The molecule has 3 aromatic rings. The molecule has 0 saturated heterocycles. The SMILES string of the molecule is Cc1ccc(-n2nnnc2S[C@H](C)C(=O)Nc2cccnc2Cl)cc1C. The maximum Gasteiger partial charge on any atom is 0.237 e. The summed E-state index contributed by atoms with van der Waals surface area (Å²) in [5, 5.41) is 14.9. The van der Waals surface area contributed by atoms with Gasteiger partial charge in [-0.3, -0.25) is 4.79 Å². The van der Waals surface area contributed by atoms with E-state index in [4.69, 9.17) is 11.6 Å². The van der Waals surface area contributed by atoms with Gasteiger partial charge in [-0.05, 0) is 66.6 Å². The van der Waals surface area contributed by atoms with Crippen LogP contribution in [0.5, 0.6) is 0 Å². The number of anilines is 1. The highest BCUT2D eigenvalue weighted by Gasteiger charge is 2.20. The van der Waals surface area contributed by atoms with Gasteiger partial charge < -0.3 is 5.32 Å². The number of tetrazole rings is 1. The summed E-state index contributed by atoms with van der Waals surface area (Å²) in [6.45, 7) is 5.86. The van der Waals surface area contributed by atoms with E-state index in [1.807, 2.05) is 32.0 Å². The van der Waals surface area contributed by atoms with Crippen LogP contribution in [0.25, 0.3) is 5.69 Å². The molecule has 0 spiro atoms. The van der Waals surface area contributed by atoms with Crippen molar-refractivity contribution in [3.63, 3.8) is 0 Å². The normalized spacial score (nSPS) is 12.0. The number of nitrogens with zero attached hydrogens (tertiary/aromatic N) is 5. The molecule has 1 atom stereocenters. The number of nitrogens with one attached hydrogen (secondary N) is 1. The molecule has 1 aromatic carbocycles.